The summed E-state index contributed by atoms with van der Waals surface area (Å²) >= 11 is 3.30. The third kappa shape index (κ3) is 4.02. The molecular weight excluding hydrogens is 469 g/mol. The zero-order valence-corrected chi connectivity index (χ0v) is 17.4. The highest BCUT2D eigenvalue weighted by molar-refractivity contribution is 9.10. The number of hydrogen-bond acceptors (Lipinski definition) is 5. The number of hydrogen-bond donors (Lipinski definition) is 0. The highest BCUT2D eigenvalue weighted by Crippen LogP contribution is 2.30. The number of carbonyl (C=O) groups is 4. The van der Waals surface area contributed by atoms with E-state index in [0.29, 0.717) is 5.69 Å². The zero-order chi connectivity index (χ0) is 22.1. The van der Waals surface area contributed by atoms with E-state index in [9.17, 15) is 23.6 Å². The molecule has 6 nitrogen and oxygen atoms in total. The van der Waals surface area contributed by atoms with Crippen molar-refractivity contribution in [3.63, 3.8) is 0 Å². The Balaban J connectivity index is 1.50. The molecule has 0 unspecified atom stereocenters. The van der Waals surface area contributed by atoms with Crippen LogP contribution < -0.4 is 4.90 Å². The van der Waals surface area contributed by atoms with Gasteiger partial charge in [0.15, 0.2) is 12.4 Å². The molecule has 1 heterocycles. The fourth-order valence-corrected chi connectivity index (χ4v) is 3.39. The number of rotatable bonds is 5. The molecule has 1 aliphatic heterocycles. The second-order valence-corrected chi connectivity index (χ2v) is 7.60. The molecule has 1 aliphatic rings. The first-order chi connectivity index (χ1) is 14.8. The Bertz CT molecular complexity index is 1220. The van der Waals surface area contributed by atoms with Crippen molar-refractivity contribution in [2.24, 2.45) is 0 Å². The third-order valence-corrected chi connectivity index (χ3v) is 5.24. The maximum Gasteiger partial charge on any atom is 0.338 e. The molecule has 2 amide bonds. The van der Waals surface area contributed by atoms with Gasteiger partial charge in [0.25, 0.3) is 11.8 Å². The van der Waals surface area contributed by atoms with E-state index >= 15 is 0 Å². The van der Waals surface area contributed by atoms with Crippen molar-refractivity contribution in [1.82, 2.24) is 0 Å². The fourth-order valence-electron chi connectivity index (χ4n) is 3.13. The lowest BCUT2D eigenvalue weighted by molar-refractivity contribution is 0.0474. The van der Waals surface area contributed by atoms with Crippen LogP contribution in [0.5, 0.6) is 0 Å². The van der Waals surface area contributed by atoms with Gasteiger partial charge in [-0.3, -0.25) is 14.4 Å². The molecule has 0 N–H and O–H groups in total. The number of ketones is 1. The quantitative estimate of drug-likeness (QED) is 0.306. The Morgan fingerprint density at radius 1 is 0.839 bits per heavy atom. The number of amides is 2. The lowest BCUT2D eigenvalue weighted by atomic mass is 10.1. The number of fused-ring (bicyclic) bond motifs is 1. The normalized spacial score (nSPS) is 12.6. The summed E-state index contributed by atoms with van der Waals surface area (Å²) in [6.07, 6.45) is 0. The summed E-state index contributed by atoms with van der Waals surface area (Å²) < 4.78 is 18.8. The molecule has 0 saturated carbocycles. The molecule has 0 radical (unpaired) electrons. The minimum Gasteiger partial charge on any atom is -0.454 e. The standard InChI is InChI=1S/C23H13BrFNO5/c24-15-4-8-17(9-5-15)26-21(28)18-10-3-14(11-19(18)22(26)29)23(30)31-12-20(27)13-1-6-16(25)7-2-13/h1-11H,12H2. The van der Waals surface area contributed by atoms with Crippen molar-refractivity contribution in [3.8, 4) is 0 Å². The average Bonchev–Trinajstić information content (AvgIpc) is 3.02. The first kappa shape index (κ1) is 20.6. The molecule has 4 rings (SSSR count). The number of anilines is 1. The topological polar surface area (TPSA) is 80.8 Å². The van der Waals surface area contributed by atoms with Gasteiger partial charge in [-0.2, -0.15) is 0 Å². The highest BCUT2D eigenvalue weighted by atomic mass is 79.9. The monoisotopic (exact) mass is 481 g/mol. The number of halogens is 2. The summed E-state index contributed by atoms with van der Waals surface area (Å²) in [7, 11) is 0. The molecule has 0 atom stereocenters. The van der Waals surface area contributed by atoms with Gasteiger partial charge in [-0.05, 0) is 66.7 Å². The molecule has 154 valence electrons. The van der Waals surface area contributed by atoms with Crippen molar-refractivity contribution in [3.05, 3.63) is 99.3 Å². The van der Waals surface area contributed by atoms with Crippen molar-refractivity contribution in [2.75, 3.05) is 11.5 Å². The Hall–Kier alpha value is -3.65. The van der Waals surface area contributed by atoms with Gasteiger partial charge >= 0.3 is 5.97 Å². The summed E-state index contributed by atoms with van der Waals surface area (Å²) in [5, 5.41) is 0. The maximum atomic E-state index is 13.0. The Morgan fingerprint density at radius 2 is 1.45 bits per heavy atom. The molecule has 0 bridgehead atoms. The zero-order valence-electron chi connectivity index (χ0n) is 15.8. The van der Waals surface area contributed by atoms with Crippen molar-refractivity contribution in [1.29, 1.82) is 0 Å². The predicted octanol–water partition coefficient (Wildman–Crippen LogP) is 4.43. The Morgan fingerprint density at radius 3 is 2.13 bits per heavy atom. The van der Waals surface area contributed by atoms with Gasteiger partial charge in [-0.15, -0.1) is 0 Å². The molecule has 3 aromatic carbocycles. The van der Waals surface area contributed by atoms with Gasteiger partial charge in [0, 0.05) is 10.0 Å². The number of benzene rings is 3. The molecule has 0 saturated heterocycles. The van der Waals surface area contributed by atoms with Gasteiger partial charge in [0.1, 0.15) is 5.82 Å². The first-order valence-electron chi connectivity index (χ1n) is 9.09. The van der Waals surface area contributed by atoms with Gasteiger partial charge in [0.05, 0.1) is 22.4 Å². The van der Waals surface area contributed by atoms with Crippen LogP contribution in [0.3, 0.4) is 0 Å². The van der Waals surface area contributed by atoms with Crippen LogP contribution in [-0.4, -0.2) is 30.2 Å². The average molecular weight is 482 g/mol. The van der Waals surface area contributed by atoms with Crippen LogP contribution in [0.25, 0.3) is 0 Å². The minimum atomic E-state index is -0.819. The van der Waals surface area contributed by atoms with Gasteiger partial charge in [-0.1, -0.05) is 15.9 Å². The molecule has 0 aromatic heterocycles. The number of ether oxygens (including phenoxy) is 1. The third-order valence-electron chi connectivity index (χ3n) is 4.71. The van der Waals surface area contributed by atoms with E-state index in [1.54, 1.807) is 24.3 Å². The summed E-state index contributed by atoms with van der Waals surface area (Å²) in [6.45, 7) is -0.542. The Kier molecular flexibility index (Phi) is 5.48. The molecule has 0 aliphatic carbocycles. The van der Waals surface area contributed by atoms with Crippen molar-refractivity contribution >= 4 is 45.2 Å². The number of Topliss-reactive ketones (excluding diaryl/α,β-unsaturated/α-hetero) is 1. The number of carbonyl (C=O) groups excluding carboxylic acids is 4. The number of imide groups is 1. The number of esters is 1. The smallest absolute Gasteiger partial charge is 0.338 e. The largest absolute Gasteiger partial charge is 0.454 e. The second-order valence-electron chi connectivity index (χ2n) is 6.69. The van der Waals surface area contributed by atoms with Crippen molar-refractivity contribution < 1.29 is 28.3 Å². The lowest BCUT2D eigenvalue weighted by Gasteiger charge is -2.13. The van der Waals surface area contributed by atoms with E-state index in [4.69, 9.17) is 4.74 Å². The van der Waals surface area contributed by atoms with Gasteiger partial charge in [0.2, 0.25) is 0 Å². The van der Waals surface area contributed by atoms with Crippen LogP contribution in [0.15, 0.2) is 71.2 Å². The van der Waals surface area contributed by atoms with E-state index in [1.807, 2.05) is 0 Å². The van der Waals surface area contributed by atoms with E-state index < -0.39 is 36.0 Å². The predicted molar refractivity (Wildman–Crippen MR) is 113 cm³/mol. The van der Waals surface area contributed by atoms with E-state index in [2.05, 4.69) is 15.9 Å². The van der Waals surface area contributed by atoms with Crippen LogP contribution in [0, 0.1) is 5.82 Å². The molecule has 0 fully saturated rings. The summed E-state index contributed by atoms with van der Waals surface area (Å²) in [5.74, 6) is -2.85. The van der Waals surface area contributed by atoms with Crippen LogP contribution in [0.4, 0.5) is 10.1 Å². The summed E-state index contributed by atoms with van der Waals surface area (Å²) in [4.78, 5) is 51.0. The molecule has 8 heteroatoms. The molecule has 0 spiro atoms. The molecular formula is C23H13BrFNO5. The number of nitrogens with zero attached hydrogens (tertiary/aromatic N) is 1. The van der Waals surface area contributed by atoms with Crippen LogP contribution in [0.2, 0.25) is 0 Å². The lowest BCUT2D eigenvalue weighted by Crippen LogP contribution is -2.29. The van der Waals surface area contributed by atoms with E-state index in [1.165, 1.54) is 30.3 Å². The van der Waals surface area contributed by atoms with Crippen LogP contribution >= 0.6 is 15.9 Å². The highest BCUT2D eigenvalue weighted by Gasteiger charge is 2.37. The SMILES string of the molecule is O=C(COC(=O)c1ccc2c(c1)C(=O)N(c1ccc(Br)cc1)C2=O)c1ccc(F)cc1. The summed E-state index contributed by atoms with van der Waals surface area (Å²) in [6, 6.07) is 15.5. The minimum absolute atomic E-state index is 0.0319. The summed E-state index contributed by atoms with van der Waals surface area (Å²) in [5.41, 5.74) is 0.890. The van der Waals surface area contributed by atoms with E-state index in [0.717, 1.165) is 21.5 Å². The maximum absolute atomic E-state index is 13.0. The molecule has 3 aromatic rings. The van der Waals surface area contributed by atoms with Gasteiger partial charge in [-0.25, -0.2) is 14.1 Å². The fraction of sp³-hybridized carbons (Fsp3) is 0.0435. The first-order valence-corrected chi connectivity index (χ1v) is 9.89. The molecule has 31 heavy (non-hydrogen) atoms. The second kappa shape index (κ2) is 8.23. The van der Waals surface area contributed by atoms with Gasteiger partial charge < -0.3 is 4.74 Å². The van der Waals surface area contributed by atoms with E-state index in [-0.39, 0.29) is 22.3 Å². The Labute approximate surface area is 184 Å². The van der Waals surface area contributed by atoms with Crippen molar-refractivity contribution in [2.45, 2.75) is 0 Å². The van der Waals surface area contributed by atoms with Crippen LogP contribution in [-0.2, 0) is 4.74 Å². The van der Waals surface area contributed by atoms with Crippen LogP contribution in [0.1, 0.15) is 41.4 Å².